The maximum atomic E-state index is 10.2. The number of methoxy groups -OCH3 is 1. The van der Waals surface area contributed by atoms with E-state index in [0.29, 0.717) is 11.4 Å². The maximum absolute atomic E-state index is 10.2. The lowest BCUT2D eigenvalue weighted by molar-refractivity contribution is 0.416. The lowest BCUT2D eigenvalue weighted by atomic mass is 10.3. The van der Waals surface area contributed by atoms with E-state index in [-0.39, 0.29) is 0 Å². The quantitative estimate of drug-likeness (QED) is 0.699. The first-order valence-electron chi connectivity index (χ1n) is 3.18. The highest BCUT2D eigenvalue weighted by Crippen LogP contribution is 2.25. The van der Waals surface area contributed by atoms with E-state index in [1.807, 2.05) is 0 Å². The molecule has 1 aromatic carbocycles. The number of hydrogen-bond donors (Lipinski definition) is 0. The Morgan fingerprint density at radius 1 is 1.33 bits per heavy atom. The zero-order chi connectivity index (χ0) is 8.97. The molecule has 12 heavy (non-hydrogen) atoms. The van der Waals surface area contributed by atoms with Crippen molar-refractivity contribution in [3.05, 3.63) is 24.3 Å². The van der Waals surface area contributed by atoms with E-state index in [1.54, 1.807) is 24.3 Å². The van der Waals surface area contributed by atoms with E-state index in [4.69, 9.17) is 4.74 Å². The monoisotopic (exact) mass is 185 g/mol. The molecule has 0 N–H and O–H groups in total. The first kappa shape index (κ1) is 8.73. The van der Waals surface area contributed by atoms with Gasteiger partial charge in [-0.05, 0) is 12.1 Å². The van der Waals surface area contributed by atoms with Gasteiger partial charge in [0.25, 0.3) is 0 Å². The Balaban J connectivity index is 3.23. The fourth-order valence-electron chi connectivity index (χ4n) is 0.785. The zero-order valence-electron chi connectivity index (χ0n) is 6.39. The van der Waals surface area contributed by atoms with Crippen LogP contribution in [0.25, 0.3) is 0 Å². The van der Waals surface area contributed by atoms with E-state index < -0.39 is 10.5 Å². The SMILES string of the molecule is COc1ccccc1N=S(=O)=O. The molecule has 0 spiro atoms. The first-order chi connectivity index (χ1) is 5.74. The second kappa shape index (κ2) is 3.87. The predicted molar refractivity (Wildman–Crippen MR) is 44.0 cm³/mol. The molecule has 0 amide bonds. The molecule has 0 saturated carbocycles. The third kappa shape index (κ3) is 2.06. The molecule has 0 heterocycles. The van der Waals surface area contributed by atoms with Crippen LogP contribution in [0.5, 0.6) is 5.75 Å². The lowest BCUT2D eigenvalue weighted by Crippen LogP contribution is -1.81. The fraction of sp³-hybridized carbons (Fsp3) is 0.143. The molecule has 5 heteroatoms. The van der Waals surface area contributed by atoms with Gasteiger partial charge in [0.1, 0.15) is 11.4 Å². The van der Waals surface area contributed by atoms with Gasteiger partial charge in [-0.2, -0.15) is 8.42 Å². The van der Waals surface area contributed by atoms with Crippen LogP contribution in [-0.2, 0) is 10.5 Å². The summed E-state index contributed by atoms with van der Waals surface area (Å²) in [6.07, 6.45) is 0. The Morgan fingerprint density at radius 3 is 2.58 bits per heavy atom. The maximum Gasteiger partial charge on any atom is 0.316 e. The van der Waals surface area contributed by atoms with Gasteiger partial charge >= 0.3 is 10.5 Å². The predicted octanol–water partition coefficient (Wildman–Crippen LogP) is 1.39. The van der Waals surface area contributed by atoms with Crippen molar-refractivity contribution in [3.63, 3.8) is 0 Å². The smallest absolute Gasteiger partial charge is 0.316 e. The summed E-state index contributed by atoms with van der Waals surface area (Å²) in [5.74, 6) is 0.446. The van der Waals surface area contributed by atoms with Crippen LogP contribution in [-0.4, -0.2) is 15.5 Å². The Morgan fingerprint density at radius 2 is 2.00 bits per heavy atom. The Hall–Kier alpha value is -1.36. The summed E-state index contributed by atoms with van der Waals surface area (Å²) in [5, 5.41) is 0. The van der Waals surface area contributed by atoms with Crippen LogP contribution in [0.1, 0.15) is 0 Å². The number of rotatable bonds is 2. The molecule has 1 rings (SSSR count). The molecule has 0 bridgehead atoms. The number of benzene rings is 1. The van der Waals surface area contributed by atoms with Crippen LogP contribution in [0, 0.1) is 0 Å². The average molecular weight is 185 g/mol. The zero-order valence-corrected chi connectivity index (χ0v) is 7.21. The van der Waals surface area contributed by atoms with Gasteiger partial charge in [0, 0.05) is 0 Å². The van der Waals surface area contributed by atoms with E-state index in [9.17, 15) is 8.42 Å². The standard InChI is InChI=1S/C7H7NO3S/c1-11-7-5-3-2-4-6(7)8-12(9)10/h2-5H,1H3. The molecule has 1 aromatic rings. The van der Waals surface area contributed by atoms with Crippen molar-refractivity contribution in [2.45, 2.75) is 0 Å². The van der Waals surface area contributed by atoms with Gasteiger partial charge in [-0.1, -0.05) is 12.1 Å². The summed E-state index contributed by atoms with van der Waals surface area (Å²) in [4.78, 5) is 0. The normalized spacial score (nSPS) is 9.08. The first-order valence-corrected chi connectivity index (χ1v) is 4.21. The van der Waals surface area contributed by atoms with Gasteiger partial charge < -0.3 is 4.74 Å². The lowest BCUT2D eigenvalue weighted by Gasteiger charge is -1.99. The largest absolute Gasteiger partial charge is 0.494 e. The molecule has 0 aliphatic rings. The van der Waals surface area contributed by atoms with Crippen LogP contribution >= 0.6 is 0 Å². The molecule has 0 saturated heterocycles. The molecule has 4 nitrogen and oxygen atoms in total. The van der Waals surface area contributed by atoms with E-state index in [0.717, 1.165) is 0 Å². The summed E-state index contributed by atoms with van der Waals surface area (Å²) in [5.41, 5.74) is 0.313. The van der Waals surface area contributed by atoms with Crippen molar-refractivity contribution >= 4 is 16.2 Å². The minimum absolute atomic E-state index is 0.313. The van der Waals surface area contributed by atoms with Crippen molar-refractivity contribution in [2.75, 3.05) is 7.11 Å². The van der Waals surface area contributed by atoms with E-state index in [1.165, 1.54) is 7.11 Å². The minimum Gasteiger partial charge on any atom is -0.494 e. The number of ether oxygens (including phenoxy) is 1. The van der Waals surface area contributed by atoms with Crippen molar-refractivity contribution in [3.8, 4) is 5.75 Å². The molecule has 64 valence electrons. The third-order valence-corrected chi connectivity index (χ3v) is 1.60. The number of para-hydroxylation sites is 1. The van der Waals surface area contributed by atoms with E-state index in [2.05, 4.69) is 4.36 Å². The van der Waals surface area contributed by atoms with Gasteiger partial charge in [0.15, 0.2) is 0 Å². The molecular formula is C7H7NO3S. The van der Waals surface area contributed by atoms with Crippen LogP contribution in [0.4, 0.5) is 5.69 Å². The Kier molecular flexibility index (Phi) is 2.82. The van der Waals surface area contributed by atoms with Crippen LogP contribution < -0.4 is 4.74 Å². The number of hydrogen-bond acceptors (Lipinski definition) is 4. The van der Waals surface area contributed by atoms with Crippen molar-refractivity contribution in [2.24, 2.45) is 4.36 Å². The second-order valence-corrected chi connectivity index (χ2v) is 2.60. The molecule has 0 radical (unpaired) electrons. The molecule has 0 aromatic heterocycles. The topological polar surface area (TPSA) is 55.7 Å². The van der Waals surface area contributed by atoms with Gasteiger partial charge in [-0.25, -0.2) is 0 Å². The highest BCUT2D eigenvalue weighted by molar-refractivity contribution is 7.61. The van der Waals surface area contributed by atoms with Crippen molar-refractivity contribution < 1.29 is 13.2 Å². The summed E-state index contributed by atoms with van der Waals surface area (Å²) >= 11 is 0. The molecule has 0 aliphatic carbocycles. The third-order valence-electron chi connectivity index (χ3n) is 1.26. The van der Waals surface area contributed by atoms with Crippen molar-refractivity contribution in [1.29, 1.82) is 0 Å². The summed E-state index contributed by atoms with van der Waals surface area (Å²) in [6, 6.07) is 6.64. The highest BCUT2D eigenvalue weighted by atomic mass is 32.2. The van der Waals surface area contributed by atoms with Gasteiger partial charge in [0.05, 0.1) is 7.11 Å². The Bertz CT molecular complexity index is 389. The average Bonchev–Trinajstić information content (AvgIpc) is 2.04. The van der Waals surface area contributed by atoms with Gasteiger partial charge in [-0.15, -0.1) is 4.36 Å². The van der Waals surface area contributed by atoms with Gasteiger partial charge in [-0.3, -0.25) is 0 Å². The molecule has 0 fully saturated rings. The minimum atomic E-state index is -2.43. The van der Waals surface area contributed by atoms with Gasteiger partial charge in [0.2, 0.25) is 0 Å². The number of nitrogens with zero attached hydrogens (tertiary/aromatic N) is 1. The molecule has 0 atom stereocenters. The molecular weight excluding hydrogens is 178 g/mol. The molecule has 0 unspecified atom stereocenters. The van der Waals surface area contributed by atoms with Crippen molar-refractivity contribution in [1.82, 2.24) is 0 Å². The summed E-state index contributed by atoms with van der Waals surface area (Å²) < 4.78 is 28.6. The molecule has 0 aliphatic heterocycles. The van der Waals surface area contributed by atoms with E-state index >= 15 is 0 Å². The highest BCUT2D eigenvalue weighted by Gasteiger charge is 1.98. The van der Waals surface area contributed by atoms with Crippen LogP contribution in [0.2, 0.25) is 0 Å². The van der Waals surface area contributed by atoms with Crippen LogP contribution in [0.15, 0.2) is 28.6 Å². The fourth-order valence-corrected chi connectivity index (χ4v) is 1.10. The Labute approximate surface area is 71.5 Å². The summed E-state index contributed by atoms with van der Waals surface area (Å²) in [6.45, 7) is 0. The second-order valence-electron chi connectivity index (χ2n) is 1.98. The van der Waals surface area contributed by atoms with Crippen LogP contribution in [0.3, 0.4) is 0 Å². The summed E-state index contributed by atoms with van der Waals surface area (Å²) in [7, 11) is -0.973.